The number of amides is 2. The smallest absolute Gasteiger partial charge is 0.242 e. The molecule has 0 heterocycles. The van der Waals surface area contributed by atoms with Crippen molar-refractivity contribution < 1.29 is 9.59 Å². The van der Waals surface area contributed by atoms with Crippen LogP contribution in [0.5, 0.6) is 0 Å². The number of nitrogens with one attached hydrogen (secondary N) is 1. The summed E-state index contributed by atoms with van der Waals surface area (Å²) in [6.07, 6.45) is 0.947. The Hall–Kier alpha value is -1.98. The molecule has 1 atom stereocenters. The van der Waals surface area contributed by atoms with E-state index in [9.17, 15) is 9.59 Å². The Balaban J connectivity index is 2.10. The van der Waals surface area contributed by atoms with Gasteiger partial charge in [0.05, 0.1) is 0 Å². The molecule has 2 aromatic rings. The summed E-state index contributed by atoms with van der Waals surface area (Å²) in [5, 5.41) is 3.56. The maximum atomic E-state index is 13.1. The maximum Gasteiger partial charge on any atom is 0.242 e. The van der Waals surface area contributed by atoms with Crippen LogP contribution in [0.2, 0.25) is 5.02 Å². The second-order valence-electron chi connectivity index (χ2n) is 6.88. The lowest BCUT2D eigenvalue weighted by molar-refractivity contribution is -0.141. The van der Waals surface area contributed by atoms with Gasteiger partial charge in [-0.25, -0.2) is 0 Å². The first-order valence-electron chi connectivity index (χ1n) is 9.95. The zero-order valence-corrected chi connectivity index (χ0v) is 18.9. The monoisotopic (exact) mass is 432 g/mol. The number of hydrogen-bond donors (Lipinski definition) is 1. The molecule has 0 aromatic heterocycles. The topological polar surface area (TPSA) is 49.4 Å². The third-order valence-electron chi connectivity index (χ3n) is 4.57. The fourth-order valence-electron chi connectivity index (χ4n) is 3.15. The molecule has 1 unspecified atom stereocenters. The van der Waals surface area contributed by atoms with Crippen LogP contribution in [0, 0.1) is 6.92 Å². The van der Waals surface area contributed by atoms with E-state index in [0.29, 0.717) is 36.7 Å². The number of benzene rings is 2. The van der Waals surface area contributed by atoms with E-state index in [1.165, 1.54) is 0 Å². The van der Waals surface area contributed by atoms with E-state index in [-0.39, 0.29) is 11.8 Å². The Labute approximate surface area is 183 Å². The Morgan fingerprint density at radius 2 is 1.86 bits per heavy atom. The Kier molecular flexibility index (Phi) is 9.55. The van der Waals surface area contributed by atoms with Crippen molar-refractivity contribution in [2.45, 2.75) is 51.1 Å². The van der Waals surface area contributed by atoms with Gasteiger partial charge in [0.25, 0.3) is 0 Å². The molecule has 0 saturated carbocycles. The van der Waals surface area contributed by atoms with Gasteiger partial charge in [-0.05, 0) is 50.1 Å². The second-order valence-corrected chi connectivity index (χ2v) is 8.49. The van der Waals surface area contributed by atoms with E-state index in [4.69, 9.17) is 11.6 Å². The number of likely N-dealkylation sites (N-methyl/N-ethyl adjacent to an activating group) is 1. The molecule has 4 nitrogen and oxygen atoms in total. The normalized spacial score (nSPS) is 11.7. The predicted molar refractivity (Wildman–Crippen MR) is 121 cm³/mol. The number of hydrogen-bond acceptors (Lipinski definition) is 3. The van der Waals surface area contributed by atoms with Crippen LogP contribution in [0.1, 0.15) is 37.8 Å². The van der Waals surface area contributed by atoms with Gasteiger partial charge in [0.1, 0.15) is 6.04 Å². The van der Waals surface area contributed by atoms with Gasteiger partial charge in [-0.1, -0.05) is 48.4 Å². The van der Waals surface area contributed by atoms with Crippen LogP contribution >= 0.6 is 23.4 Å². The first kappa shape index (κ1) is 23.3. The van der Waals surface area contributed by atoms with Crippen molar-refractivity contribution in [1.29, 1.82) is 0 Å². The summed E-state index contributed by atoms with van der Waals surface area (Å²) in [5.41, 5.74) is 2.17. The lowest BCUT2D eigenvalue weighted by atomic mass is 10.1. The molecule has 0 radical (unpaired) electrons. The number of carbonyl (C=O) groups is 2. The summed E-state index contributed by atoms with van der Waals surface area (Å²) in [5.74, 6) is 0.545. The quantitative estimate of drug-likeness (QED) is 0.533. The zero-order valence-electron chi connectivity index (χ0n) is 17.3. The molecule has 2 aromatic carbocycles. The van der Waals surface area contributed by atoms with Gasteiger partial charge in [0.2, 0.25) is 11.8 Å². The molecule has 156 valence electrons. The van der Waals surface area contributed by atoms with Crippen LogP contribution in [0.25, 0.3) is 0 Å². The highest BCUT2D eigenvalue weighted by atomic mass is 35.5. The van der Waals surface area contributed by atoms with E-state index in [2.05, 4.69) is 11.4 Å². The highest BCUT2D eigenvalue weighted by Crippen LogP contribution is 2.22. The zero-order chi connectivity index (χ0) is 21.2. The minimum absolute atomic E-state index is 0.00827. The van der Waals surface area contributed by atoms with Gasteiger partial charge in [-0.2, -0.15) is 0 Å². The summed E-state index contributed by atoms with van der Waals surface area (Å²) in [6, 6.07) is 15.2. The van der Waals surface area contributed by atoms with E-state index < -0.39 is 6.04 Å². The van der Waals surface area contributed by atoms with Gasteiger partial charge in [0, 0.05) is 35.2 Å². The van der Waals surface area contributed by atoms with E-state index in [1.807, 2.05) is 63.2 Å². The molecule has 0 saturated heterocycles. The Morgan fingerprint density at radius 1 is 1.14 bits per heavy atom. The number of nitrogens with zero attached hydrogens (tertiary/aromatic N) is 1. The van der Waals surface area contributed by atoms with Crippen LogP contribution < -0.4 is 5.32 Å². The second kappa shape index (κ2) is 11.9. The number of aryl methyl sites for hydroxylation is 1. The van der Waals surface area contributed by atoms with Crippen LogP contribution in [-0.2, 0) is 16.1 Å². The van der Waals surface area contributed by atoms with Crippen molar-refractivity contribution in [1.82, 2.24) is 10.2 Å². The highest BCUT2D eigenvalue weighted by Gasteiger charge is 2.28. The molecule has 0 spiro atoms. The number of carbonyl (C=O) groups excluding carboxylic acids is 2. The van der Waals surface area contributed by atoms with E-state index in [1.54, 1.807) is 16.7 Å². The van der Waals surface area contributed by atoms with Gasteiger partial charge in [0.15, 0.2) is 0 Å². The third kappa shape index (κ3) is 7.41. The van der Waals surface area contributed by atoms with Gasteiger partial charge in [-0.15, -0.1) is 11.8 Å². The van der Waals surface area contributed by atoms with Crippen molar-refractivity contribution >= 4 is 35.2 Å². The first-order valence-corrected chi connectivity index (χ1v) is 11.3. The molecule has 6 heteroatoms. The average molecular weight is 433 g/mol. The molecule has 29 heavy (non-hydrogen) atoms. The lowest BCUT2D eigenvalue weighted by Crippen LogP contribution is -2.49. The third-order valence-corrected chi connectivity index (χ3v) is 5.84. The summed E-state index contributed by atoms with van der Waals surface area (Å²) in [4.78, 5) is 28.5. The standard InChI is InChI=1S/C23H29ClN2O2S/c1-4-21(23(28)25-5-2)26(16-18-8-6-7-17(3)15-18)22(27)13-14-29-20-11-9-19(24)10-12-20/h6-12,15,21H,4-5,13-14,16H2,1-3H3,(H,25,28). The van der Waals surface area contributed by atoms with Gasteiger partial charge >= 0.3 is 0 Å². The fourth-order valence-corrected chi connectivity index (χ4v) is 4.12. The molecule has 0 aliphatic carbocycles. The summed E-state index contributed by atoms with van der Waals surface area (Å²) < 4.78 is 0. The fraction of sp³-hybridized carbons (Fsp3) is 0.391. The number of halogens is 1. The Bertz CT molecular complexity index is 811. The van der Waals surface area contributed by atoms with Crippen molar-refractivity contribution in [3.63, 3.8) is 0 Å². The molecule has 2 amide bonds. The SMILES string of the molecule is CCNC(=O)C(CC)N(Cc1cccc(C)c1)C(=O)CCSc1ccc(Cl)cc1. The number of rotatable bonds is 10. The van der Waals surface area contributed by atoms with Gasteiger partial charge in [-0.3, -0.25) is 9.59 Å². The molecular formula is C23H29ClN2O2S. The number of thioether (sulfide) groups is 1. The Morgan fingerprint density at radius 3 is 2.48 bits per heavy atom. The summed E-state index contributed by atoms with van der Waals surface area (Å²) in [7, 11) is 0. The molecule has 0 fully saturated rings. The molecule has 1 N–H and O–H groups in total. The van der Waals surface area contributed by atoms with Crippen LogP contribution in [0.3, 0.4) is 0 Å². The first-order chi connectivity index (χ1) is 13.9. The molecule has 0 aliphatic heterocycles. The predicted octanol–water partition coefficient (Wildman–Crippen LogP) is 5.07. The van der Waals surface area contributed by atoms with Gasteiger partial charge < -0.3 is 10.2 Å². The minimum atomic E-state index is -0.469. The molecule has 0 aliphatic rings. The van der Waals surface area contributed by atoms with Crippen LogP contribution in [0.4, 0.5) is 0 Å². The van der Waals surface area contributed by atoms with Crippen molar-refractivity contribution in [3.8, 4) is 0 Å². The van der Waals surface area contributed by atoms with Crippen LogP contribution in [-0.4, -0.2) is 35.1 Å². The highest BCUT2D eigenvalue weighted by molar-refractivity contribution is 7.99. The summed E-state index contributed by atoms with van der Waals surface area (Å²) >= 11 is 7.54. The lowest BCUT2D eigenvalue weighted by Gasteiger charge is -2.30. The average Bonchev–Trinajstić information content (AvgIpc) is 2.69. The molecule has 2 rings (SSSR count). The minimum Gasteiger partial charge on any atom is -0.355 e. The van der Waals surface area contributed by atoms with Crippen molar-refractivity contribution in [2.75, 3.05) is 12.3 Å². The van der Waals surface area contributed by atoms with E-state index in [0.717, 1.165) is 16.0 Å². The summed E-state index contributed by atoms with van der Waals surface area (Å²) in [6.45, 7) is 6.84. The van der Waals surface area contributed by atoms with E-state index >= 15 is 0 Å². The van der Waals surface area contributed by atoms with Crippen LogP contribution in [0.15, 0.2) is 53.4 Å². The van der Waals surface area contributed by atoms with Crippen molar-refractivity contribution in [3.05, 3.63) is 64.7 Å². The largest absolute Gasteiger partial charge is 0.355 e. The van der Waals surface area contributed by atoms with Crippen molar-refractivity contribution in [2.24, 2.45) is 0 Å². The maximum absolute atomic E-state index is 13.1. The molecular weight excluding hydrogens is 404 g/mol. The molecule has 0 bridgehead atoms.